The summed E-state index contributed by atoms with van der Waals surface area (Å²) in [5.74, 6) is 0. The van der Waals surface area contributed by atoms with Crippen LogP contribution in [0.4, 0.5) is 0 Å². The summed E-state index contributed by atoms with van der Waals surface area (Å²) in [5.41, 5.74) is 12.6. The van der Waals surface area contributed by atoms with Crippen molar-refractivity contribution in [3.05, 3.63) is 132 Å². The molecule has 0 N–H and O–H groups in total. The molecule has 0 radical (unpaired) electrons. The van der Waals surface area contributed by atoms with Gasteiger partial charge in [-0.1, -0.05) is 97.6 Å². The Morgan fingerprint density at radius 2 is 1.06 bits per heavy atom. The number of benzene rings is 5. The van der Waals surface area contributed by atoms with Gasteiger partial charge in [-0.05, 0) is 83.1 Å². The predicted octanol–water partition coefficient (Wildman–Crippen LogP) is 9.69. The molecule has 174 valence electrons. The fourth-order valence-electron chi connectivity index (χ4n) is 5.81. The van der Waals surface area contributed by atoms with E-state index in [1.54, 1.807) is 0 Å². The van der Waals surface area contributed by atoms with Gasteiger partial charge in [-0.25, -0.2) is 0 Å². The van der Waals surface area contributed by atoms with Crippen LogP contribution in [0, 0.1) is 20.8 Å². The molecular weight excluding hydrogens is 434 g/mol. The lowest BCUT2D eigenvalue weighted by Gasteiger charge is -2.20. The molecule has 1 aromatic heterocycles. The molecule has 1 heterocycles. The molecule has 0 unspecified atom stereocenters. The van der Waals surface area contributed by atoms with Gasteiger partial charge in [0.2, 0.25) is 0 Å². The molecule has 1 heteroatoms. The molecule has 0 bridgehead atoms. The molecule has 0 atom stereocenters. The van der Waals surface area contributed by atoms with Crippen molar-refractivity contribution in [2.24, 2.45) is 0 Å². The molecule has 36 heavy (non-hydrogen) atoms. The summed E-state index contributed by atoms with van der Waals surface area (Å²) < 4.78 is 2.34. The first kappa shape index (κ1) is 22.1. The molecule has 1 nitrogen and oxygen atoms in total. The minimum Gasteiger partial charge on any atom is -0.313 e. The van der Waals surface area contributed by atoms with Crippen molar-refractivity contribution in [3.8, 4) is 27.9 Å². The number of rotatable bonds is 4. The highest BCUT2D eigenvalue weighted by molar-refractivity contribution is 6.07. The van der Waals surface area contributed by atoms with E-state index in [1.165, 1.54) is 72.0 Å². The number of fused-ring (bicyclic) bond motifs is 2. The van der Waals surface area contributed by atoms with Crippen LogP contribution in [0.15, 0.2) is 110 Å². The summed E-state index contributed by atoms with van der Waals surface area (Å²) in [4.78, 5) is 0. The van der Waals surface area contributed by atoms with E-state index in [-0.39, 0.29) is 0 Å². The van der Waals surface area contributed by atoms with Gasteiger partial charge in [0.15, 0.2) is 0 Å². The zero-order valence-corrected chi connectivity index (χ0v) is 21.0. The van der Waals surface area contributed by atoms with E-state index < -0.39 is 0 Å². The second-order valence-corrected chi connectivity index (χ2v) is 9.51. The number of aromatic nitrogens is 1. The highest BCUT2D eigenvalue weighted by Gasteiger charge is 2.17. The Kier molecular flexibility index (Phi) is 5.34. The first-order chi connectivity index (χ1) is 17.6. The van der Waals surface area contributed by atoms with Gasteiger partial charge in [0.1, 0.15) is 0 Å². The molecule has 0 amide bonds. The monoisotopic (exact) mass is 463 g/mol. The third-order valence-electron chi connectivity index (χ3n) is 7.62. The smallest absolute Gasteiger partial charge is 0.0537 e. The Bertz CT molecular complexity index is 1750. The van der Waals surface area contributed by atoms with Crippen molar-refractivity contribution < 1.29 is 0 Å². The Morgan fingerprint density at radius 3 is 1.64 bits per heavy atom. The van der Waals surface area contributed by atoms with Crippen LogP contribution in [0.1, 0.15) is 22.4 Å². The number of hydrogen-bond acceptors (Lipinski definition) is 0. The summed E-state index contributed by atoms with van der Waals surface area (Å²) in [6, 6.07) is 37.2. The van der Waals surface area contributed by atoms with Crippen LogP contribution in [-0.4, -0.2) is 4.57 Å². The summed E-state index contributed by atoms with van der Waals surface area (Å²) in [7, 11) is 0. The minimum atomic E-state index is 1.17. The lowest BCUT2D eigenvalue weighted by Crippen LogP contribution is -1.98. The van der Waals surface area contributed by atoms with E-state index in [0.29, 0.717) is 0 Å². The average molecular weight is 464 g/mol. The van der Waals surface area contributed by atoms with Gasteiger partial charge < -0.3 is 4.57 Å². The normalized spacial score (nSPS) is 11.3. The van der Waals surface area contributed by atoms with Gasteiger partial charge in [-0.2, -0.15) is 0 Å². The topological polar surface area (TPSA) is 4.93 Å². The molecular formula is C35H29N. The molecule has 6 aromatic rings. The summed E-state index contributed by atoms with van der Waals surface area (Å²) in [6.45, 7) is 10.8. The second-order valence-electron chi connectivity index (χ2n) is 9.51. The molecule has 0 aliphatic rings. The van der Waals surface area contributed by atoms with Crippen molar-refractivity contribution in [1.82, 2.24) is 4.57 Å². The second kappa shape index (κ2) is 8.70. The van der Waals surface area contributed by atoms with E-state index in [0.717, 1.165) is 0 Å². The lowest BCUT2D eigenvalue weighted by molar-refractivity contribution is 1.05. The van der Waals surface area contributed by atoms with Crippen LogP contribution in [0.25, 0.3) is 55.7 Å². The van der Waals surface area contributed by atoms with Crippen molar-refractivity contribution in [2.75, 3.05) is 0 Å². The highest BCUT2D eigenvalue weighted by Crippen LogP contribution is 2.41. The zero-order chi connectivity index (χ0) is 24.8. The van der Waals surface area contributed by atoms with Gasteiger partial charge >= 0.3 is 0 Å². The fourth-order valence-corrected chi connectivity index (χ4v) is 5.81. The Hall–Kier alpha value is -4.36. The van der Waals surface area contributed by atoms with Crippen LogP contribution < -0.4 is 0 Å². The number of para-hydroxylation sites is 1. The summed E-state index contributed by atoms with van der Waals surface area (Å²) in [6.07, 6.45) is 1.97. The lowest BCUT2D eigenvalue weighted by atomic mass is 9.85. The van der Waals surface area contributed by atoms with E-state index in [1.807, 2.05) is 6.08 Å². The SMILES string of the molecule is C=Cc1c(C)n(-c2ccc(-c3c(C)c(C)c(-c4ccccc4)c4ccccc34)cc2)c2ccccc12. The predicted molar refractivity (Wildman–Crippen MR) is 156 cm³/mol. The van der Waals surface area contributed by atoms with Crippen LogP contribution in [-0.2, 0) is 0 Å². The maximum Gasteiger partial charge on any atom is 0.0537 e. The molecule has 0 aliphatic heterocycles. The third-order valence-corrected chi connectivity index (χ3v) is 7.62. The Labute approximate surface area is 213 Å². The van der Waals surface area contributed by atoms with Crippen LogP contribution in [0.3, 0.4) is 0 Å². The highest BCUT2D eigenvalue weighted by atomic mass is 15.0. The van der Waals surface area contributed by atoms with Crippen molar-refractivity contribution >= 4 is 27.8 Å². The van der Waals surface area contributed by atoms with Crippen LogP contribution in [0.2, 0.25) is 0 Å². The third kappa shape index (κ3) is 3.31. The zero-order valence-electron chi connectivity index (χ0n) is 21.0. The van der Waals surface area contributed by atoms with E-state index >= 15 is 0 Å². The molecule has 5 aromatic carbocycles. The minimum absolute atomic E-state index is 1.17. The molecule has 0 aliphatic carbocycles. The molecule has 0 saturated heterocycles. The van der Waals surface area contributed by atoms with Gasteiger partial charge in [0.25, 0.3) is 0 Å². The van der Waals surface area contributed by atoms with Crippen LogP contribution in [0.5, 0.6) is 0 Å². The summed E-state index contributed by atoms with van der Waals surface area (Å²) in [5, 5.41) is 3.83. The first-order valence-corrected chi connectivity index (χ1v) is 12.5. The van der Waals surface area contributed by atoms with Crippen molar-refractivity contribution in [2.45, 2.75) is 20.8 Å². The molecule has 0 fully saturated rings. The number of nitrogens with zero attached hydrogens (tertiary/aromatic N) is 1. The van der Waals surface area contributed by atoms with E-state index in [4.69, 9.17) is 0 Å². The Balaban J connectivity index is 1.54. The standard InChI is InChI=1S/C35H29N/c1-5-29-25(4)36(33-18-12-11-15-30(29)33)28-21-19-27(20-22-28)35-24(3)23(2)34(26-13-7-6-8-14-26)31-16-9-10-17-32(31)35/h5-22H,1H2,2-4H3. The molecule has 0 saturated carbocycles. The summed E-state index contributed by atoms with van der Waals surface area (Å²) >= 11 is 0. The quantitative estimate of drug-likeness (QED) is 0.245. The maximum atomic E-state index is 4.07. The molecule has 6 rings (SSSR count). The fraction of sp³-hybridized carbons (Fsp3) is 0.0857. The first-order valence-electron chi connectivity index (χ1n) is 12.5. The average Bonchev–Trinajstić information content (AvgIpc) is 3.21. The number of hydrogen-bond donors (Lipinski definition) is 0. The van der Waals surface area contributed by atoms with Crippen molar-refractivity contribution in [1.29, 1.82) is 0 Å². The van der Waals surface area contributed by atoms with Crippen LogP contribution >= 0.6 is 0 Å². The van der Waals surface area contributed by atoms with Gasteiger partial charge in [-0.3, -0.25) is 0 Å². The van der Waals surface area contributed by atoms with Crippen molar-refractivity contribution in [3.63, 3.8) is 0 Å². The van der Waals surface area contributed by atoms with E-state index in [9.17, 15) is 0 Å². The largest absolute Gasteiger partial charge is 0.313 e. The van der Waals surface area contributed by atoms with Gasteiger partial charge in [0.05, 0.1) is 5.52 Å². The maximum absolute atomic E-state index is 4.07. The van der Waals surface area contributed by atoms with Gasteiger partial charge in [0, 0.05) is 22.3 Å². The van der Waals surface area contributed by atoms with E-state index in [2.05, 4.69) is 135 Å². The molecule has 0 spiro atoms. The Morgan fingerprint density at radius 1 is 0.556 bits per heavy atom. The van der Waals surface area contributed by atoms with Gasteiger partial charge in [-0.15, -0.1) is 0 Å².